The Bertz CT molecular complexity index is 686. The zero-order chi connectivity index (χ0) is 17.5. The normalized spacial score (nSPS) is 12.7. The maximum atomic E-state index is 12.0. The molecule has 1 aromatic carbocycles. The molecule has 0 radical (unpaired) electrons. The Morgan fingerprint density at radius 1 is 1.33 bits per heavy atom. The first-order chi connectivity index (χ1) is 11.5. The van der Waals surface area contributed by atoms with E-state index in [1.807, 2.05) is 27.3 Å². The van der Waals surface area contributed by atoms with E-state index in [0.717, 1.165) is 12.0 Å². The Balaban J connectivity index is 1.95. The van der Waals surface area contributed by atoms with Crippen LogP contribution in [0.25, 0.3) is 6.08 Å². The van der Waals surface area contributed by atoms with E-state index in [9.17, 15) is 4.79 Å². The van der Waals surface area contributed by atoms with E-state index in [1.54, 1.807) is 23.0 Å². The fraction of sp³-hybridized carbons (Fsp3) is 0.368. The van der Waals surface area contributed by atoms with Crippen LogP contribution >= 0.6 is 0 Å². The summed E-state index contributed by atoms with van der Waals surface area (Å²) in [5.41, 5.74) is 3.43. The zero-order valence-corrected chi connectivity index (χ0v) is 14.9. The molecule has 24 heavy (non-hydrogen) atoms. The number of aryl methyl sites for hydroxylation is 2. The number of hydrogen-bond acceptors (Lipinski definition) is 3. The summed E-state index contributed by atoms with van der Waals surface area (Å²) in [5, 5.41) is 7.05. The number of rotatable bonds is 7. The number of carbonyl (C=O) groups is 1. The maximum absolute atomic E-state index is 12.0. The molecular weight excluding hydrogens is 300 g/mol. The second kappa shape index (κ2) is 8.45. The molecule has 5 heteroatoms. The zero-order valence-electron chi connectivity index (χ0n) is 14.9. The first-order valence-electron chi connectivity index (χ1n) is 8.19. The summed E-state index contributed by atoms with van der Waals surface area (Å²) in [7, 11) is 5.90. The molecule has 0 unspecified atom stereocenters. The van der Waals surface area contributed by atoms with Gasteiger partial charge in [-0.05, 0) is 37.7 Å². The number of likely N-dealkylation sites (N-methyl/N-ethyl adjacent to an activating group) is 1. The number of nitrogens with zero attached hydrogens (tertiary/aromatic N) is 3. The Kier molecular flexibility index (Phi) is 6.32. The summed E-state index contributed by atoms with van der Waals surface area (Å²) in [5.74, 6) is -0.101. The van der Waals surface area contributed by atoms with E-state index in [-0.39, 0.29) is 11.9 Å². The Labute approximate surface area is 144 Å². The minimum atomic E-state index is -0.101. The van der Waals surface area contributed by atoms with Gasteiger partial charge in [-0.15, -0.1) is 0 Å². The molecule has 2 rings (SSSR count). The highest BCUT2D eigenvalue weighted by Crippen LogP contribution is 2.18. The van der Waals surface area contributed by atoms with Crippen molar-refractivity contribution in [1.82, 2.24) is 20.0 Å². The van der Waals surface area contributed by atoms with Gasteiger partial charge in [-0.2, -0.15) is 5.10 Å². The van der Waals surface area contributed by atoms with Crippen LogP contribution in [0.15, 0.2) is 42.7 Å². The molecule has 1 aromatic heterocycles. The van der Waals surface area contributed by atoms with Crippen molar-refractivity contribution in [3.8, 4) is 0 Å². The monoisotopic (exact) mass is 326 g/mol. The fourth-order valence-corrected chi connectivity index (χ4v) is 2.53. The summed E-state index contributed by atoms with van der Waals surface area (Å²) in [4.78, 5) is 14.2. The molecule has 2 aromatic rings. The predicted molar refractivity (Wildman–Crippen MR) is 97.5 cm³/mol. The first-order valence-corrected chi connectivity index (χ1v) is 8.19. The van der Waals surface area contributed by atoms with E-state index in [2.05, 4.69) is 46.5 Å². The quantitative estimate of drug-likeness (QED) is 0.795. The largest absolute Gasteiger partial charge is 0.351 e. The van der Waals surface area contributed by atoms with Crippen LogP contribution in [0.2, 0.25) is 0 Å². The van der Waals surface area contributed by atoms with Crippen molar-refractivity contribution in [3.05, 3.63) is 59.4 Å². The molecular formula is C19H26N4O. The molecule has 0 saturated heterocycles. The smallest absolute Gasteiger partial charge is 0.244 e. The molecule has 128 valence electrons. The molecule has 5 nitrogen and oxygen atoms in total. The summed E-state index contributed by atoms with van der Waals surface area (Å²) in [6.45, 7) is 2.71. The van der Waals surface area contributed by atoms with Gasteiger partial charge in [0.15, 0.2) is 0 Å². The molecule has 0 saturated carbocycles. The third-order valence-electron chi connectivity index (χ3n) is 4.02. The standard InChI is InChI=1S/C19H26N4O/c1-5-15-6-9-17(10-7-15)18(22(2)3)13-20-19(24)11-8-16-12-21-23(4)14-16/h6-12,14,18H,5,13H2,1-4H3,(H,20,24)/b11-8+/t18-/m1/s1. The predicted octanol–water partition coefficient (Wildman–Crippen LogP) is 2.41. The number of carbonyl (C=O) groups excluding carboxylic acids is 1. The van der Waals surface area contributed by atoms with Crippen LogP contribution in [0.5, 0.6) is 0 Å². The highest BCUT2D eigenvalue weighted by atomic mass is 16.1. The van der Waals surface area contributed by atoms with Gasteiger partial charge in [0, 0.05) is 31.4 Å². The maximum Gasteiger partial charge on any atom is 0.244 e. The molecule has 0 spiro atoms. The highest BCUT2D eigenvalue weighted by molar-refractivity contribution is 5.91. The van der Waals surface area contributed by atoms with Crippen LogP contribution in [-0.2, 0) is 18.3 Å². The topological polar surface area (TPSA) is 50.2 Å². The van der Waals surface area contributed by atoms with Gasteiger partial charge in [0.25, 0.3) is 0 Å². The Morgan fingerprint density at radius 3 is 2.58 bits per heavy atom. The number of aromatic nitrogens is 2. The number of benzene rings is 1. The Hall–Kier alpha value is -2.40. The van der Waals surface area contributed by atoms with Crippen molar-refractivity contribution in [2.45, 2.75) is 19.4 Å². The summed E-state index contributed by atoms with van der Waals surface area (Å²) in [6.07, 6.45) is 7.93. The summed E-state index contributed by atoms with van der Waals surface area (Å²) in [6, 6.07) is 8.72. The minimum Gasteiger partial charge on any atom is -0.351 e. The average molecular weight is 326 g/mol. The van der Waals surface area contributed by atoms with Gasteiger partial charge in [-0.1, -0.05) is 31.2 Å². The van der Waals surface area contributed by atoms with Gasteiger partial charge in [0.1, 0.15) is 0 Å². The van der Waals surface area contributed by atoms with Gasteiger partial charge in [0.2, 0.25) is 5.91 Å². The summed E-state index contributed by atoms with van der Waals surface area (Å²) >= 11 is 0. The lowest BCUT2D eigenvalue weighted by atomic mass is 10.0. The van der Waals surface area contributed by atoms with Crippen molar-refractivity contribution >= 4 is 12.0 Å². The summed E-state index contributed by atoms with van der Waals surface area (Å²) < 4.78 is 1.71. The number of amides is 1. The lowest BCUT2D eigenvalue weighted by Gasteiger charge is -2.25. The van der Waals surface area contributed by atoms with E-state index >= 15 is 0 Å². The highest BCUT2D eigenvalue weighted by Gasteiger charge is 2.14. The lowest BCUT2D eigenvalue weighted by Crippen LogP contribution is -2.33. The van der Waals surface area contributed by atoms with E-state index in [0.29, 0.717) is 6.54 Å². The third kappa shape index (κ3) is 5.06. The second-order valence-electron chi connectivity index (χ2n) is 6.10. The van der Waals surface area contributed by atoms with Crippen LogP contribution < -0.4 is 5.32 Å². The fourth-order valence-electron chi connectivity index (χ4n) is 2.53. The van der Waals surface area contributed by atoms with Crippen LogP contribution in [0.4, 0.5) is 0 Å². The van der Waals surface area contributed by atoms with Gasteiger partial charge in [-0.25, -0.2) is 0 Å². The van der Waals surface area contributed by atoms with Crippen molar-refractivity contribution in [3.63, 3.8) is 0 Å². The minimum absolute atomic E-state index is 0.101. The van der Waals surface area contributed by atoms with Gasteiger partial charge >= 0.3 is 0 Å². The van der Waals surface area contributed by atoms with Gasteiger partial charge < -0.3 is 10.2 Å². The molecule has 0 aliphatic heterocycles. The second-order valence-corrected chi connectivity index (χ2v) is 6.10. The van der Waals surface area contributed by atoms with Crippen molar-refractivity contribution in [1.29, 1.82) is 0 Å². The third-order valence-corrected chi connectivity index (χ3v) is 4.02. The molecule has 1 atom stereocenters. The SMILES string of the molecule is CCc1ccc([C@@H](CNC(=O)/C=C/c2cnn(C)c2)N(C)C)cc1. The van der Waals surface area contributed by atoms with E-state index in [4.69, 9.17) is 0 Å². The number of nitrogens with one attached hydrogen (secondary N) is 1. The van der Waals surface area contributed by atoms with Crippen LogP contribution in [0.1, 0.15) is 29.7 Å². The van der Waals surface area contributed by atoms with E-state index < -0.39 is 0 Å². The van der Waals surface area contributed by atoms with Crippen LogP contribution in [0, 0.1) is 0 Å². The molecule has 0 aliphatic rings. The molecule has 0 fully saturated rings. The van der Waals surface area contributed by atoms with Gasteiger partial charge in [-0.3, -0.25) is 9.48 Å². The molecule has 0 aliphatic carbocycles. The van der Waals surface area contributed by atoms with Crippen LogP contribution in [-0.4, -0.2) is 41.2 Å². The first kappa shape index (κ1) is 17.9. The van der Waals surface area contributed by atoms with Crippen molar-refractivity contribution in [2.24, 2.45) is 7.05 Å². The molecule has 1 N–H and O–H groups in total. The van der Waals surface area contributed by atoms with Crippen molar-refractivity contribution in [2.75, 3.05) is 20.6 Å². The average Bonchev–Trinajstić information content (AvgIpc) is 2.99. The molecule has 0 bridgehead atoms. The van der Waals surface area contributed by atoms with Crippen LogP contribution in [0.3, 0.4) is 0 Å². The van der Waals surface area contributed by atoms with Gasteiger partial charge in [0.05, 0.1) is 12.2 Å². The molecule has 1 heterocycles. The molecule has 1 amide bonds. The lowest BCUT2D eigenvalue weighted by molar-refractivity contribution is -0.116. The Morgan fingerprint density at radius 2 is 2.04 bits per heavy atom. The van der Waals surface area contributed by atoms with Crippen molar-refractivity contribution < 1.29 is 4.79 Å². The van der Waals surface area contributed by atoms with E-state index in [1.165, 1.54) is 11.1 Å². The number of hydrogen-bond donors (Lipinski definition) is 1.